The zero-order valence-electron chi connectivity index (χ0n) is 9.80. The van der Waals surface area contributed by atoms with Gasteiger partial charge in [-0.2, -0.15) is 0 Å². The summed E-state index contributed by atoms with van der Waals surface area (Å²) in [5.74, 6) is 0.298. The molecule has 0 aromatic carbocycles. The Morgan fingerprint density at radius 1 is 1.53 bits per heavy atom. The van der Waals surface area contributed by atoms with Crippen LogP contribution in [-0.2, 0) is 0 Å². The van der Waals surface area contributed by atoms with Gasteiger partial charge in [-0.25, -0.2) is 9.50 Å². The number of aromatic nitrogens is 3. The van der Waals surface area contributed by atoms with Crippen LogP contribution in [0, 0.1) is 0 Å². The number of carbonyl (C=O) groups excluding carboxylic acids is 1. The van der Waals surface area contributed by atoms with Crippen LogP contribution in [-0.4, -0.2) is 34.2 Å². The first kappa shape index (κ1) is 11.4. The summed E-state index contributed by atoms with van der Waals surface area (Å²) in [6.45, 7) is 2.64. The van der Waals surface area contributed by atoms with Gasteiger partial charge >= 0.3 is 0 Å². The van der Waals surface area contributed by atoms with Gasteiger partial charge in [0, 0.05) is 12.6 Å². The maximum atomic E-state index is 11.7. The van der Waals surface area contributed by atoms with Crippen LogP contribution in [0.1, 0.15) is 23.8 Å². The maximum absolute atomic E-state index is 11.7. The molecule has 6 nitrogen and oxygen atoms in total. The Kier molecular flexibility index (Phi) is 3.22. The number of nitrogens with zero attached hydrogens (tertiary/aromatic N) is 3. The summed E-state index contributed by atoms with van der Waals surface area (Å²) in [4.78, 5) is 15.9. The van der Waals surface area contributed by atoms with Gasteiger partial charge in [-0.05, 0) is 12.5 Å². The SMILES string of the molecule is CCCNC(=O)c1cn2nc(OC)ccc2n1. The molecule has 0 aliphatic carbocycles. The monoisotopic (exact) mass is 234 g/mol. The van der Waals surface area contributed by atoms with Crippen LogP contribution in [0.15, 0.2) is 18.3 Å². The normalized spacial score (nSPS) is 10.5. The highest BCUT2D eigenvalue weighted by molar-refractivity contribution is 5.92. The molecule has 1 N–H and O–H groups in total. The van der Waals surface area contributed by atoms with Crippen LogP contribution >= 0.6 is 0 Å². The van der Waals surface area contributed by atoms with Gasteiger partial charge in [-0.3, -0.25) is 4.79 Å². The molecule has 90 valence electrons. The first-order chi connectivity index (χ1) is 8.24. The summed E-state index contributed by atoms with van der Waals surface area (Å²) in [5, 5.41) is 6.89. The molecule has 0 unspecified atom stereocenters. The number of carbonyl (C=O) groups is 1. The number of ether oxygens (including phenoxy) is 1. The van der Waals surface area contributed by atoms with Crippen molar-refractivity contribution in [2.45, 2.75) is 13.3 Å². The Bertz CT molecular complexity index is 535. The van der Waals surface area contributed by atoms with Crippen molar-refractivity contribution in [2.75, 3.05) is 13.7 Å². The van der Waals surface area contributed by atoms with Gasteiger partial charge in [-0.15, -0.1) is 5.10 Å². The van der Waals surface area contributed by atoms with E-state index in [1.165, 1.54) is 4.52 Å². The number of hydrogen-bond donors (Lipinski definition) is 1. The van der Waals surface area contributed by atoms with Gasteiger partial charge in [0.2, 0.25) is 5.88 Å². The van der Waals surface area contributed by atoms with Crippen LogP contribution in [0.2, 0.25) is 0 Å². The summed E-state index contributed by atoms with van der Waals surface area (Å²) in [5.41, 5.74) is 0.978. The van der Waals surface area contributed by atoms with E-state index in [-0.39, 0.29) is 5.91 Å². The van der Waals surface area contributed by atoms with Crippen LogP contribution in [0.25, 0.3) is 5.65 Å². The number of amides is 1. The van der Waals surface area contributed by atoms with Crippen molar-refractivity contribution in [1.29, 1.82) is 0 Å². The fourth-order valence-corrected chi connectivity index (χ4v) is 1.41. The molecule has 0 saturated heterocycles. The topological polar surface area (TPSA) is 68.5 Å². The minimum atomic E-state index is -0.184. The van der Waals surface area contributed by atoms with Gasteiger partial charge in [-0.1, -0.05) is 6.92 Å². The van der Waals surface area contributed by atoms with Crippen molar-refractivity contribution < 1.29 is 9.53 Å². The summed E-state index contributed by atoms with van der Waals surface area (Å²) >= 11 is 0. The smallest absolute Gasteiger partial charge is 0.271 e. The van der Waals surface area contributed by atoms with E-state index in [4.69, 9.17) is 4.74 Å². The summed E-state index contributed by atoms with van der Waals surface area (Å²) < 4.78 is 6.52. The molecule has 2 aromatic rings. The predicted molar refractivity (Wildman–Crippen MR) is 62.2 cm³/mol. The van der Waals surface area contributed by atoms with Gasteiger partial charge in [0.15, 0.2) is 5.65 Å². The zero-order chi connectivity index (χ0) is 12.3. The minimum Gasteiger partial charge on any atom is -0.480 e. The lowest BCUT2D eigenvalue weighted by atomic mass is 10.4. The average Bonchev–Trinajstić information content (AvgIpc) is 2.78. The molecular formula is C11H14N4O2. The van der Waals surface area contributed by atoms with E-state index in [1.54, 1.807) is 25.4 Å². The fourth-order valence-electron chi connectivity index (χ4n) is 1.41. The largest absolute Gasteiger partial charge is 0.480 e. The molecule has 0 aliphatic heterocycles. The van der Waals surface area contributed by atoms with Gasteiger partial charge in [0.05, 0.1) is 13.3 Å². The van der Waals surface area contributed by atoms with Crippen molar-refractivity contribution in [2.24, 2.45) is 0 Å². The third-order valence-electron chi connectivity index (χ3n) is 2.27. The highest BCUT2D eigenvalue weighted by atomic mass is 16.5. The number of methoxy groups -OCH3 is 1. The Hall–Kier alpha value is -2.11. The zero-order valence-corrected chi connectivity index (χ0v) is 9.80. The van der Waals surface area contributed by atoms with E-state index in [9.17, 15) is 4.79 Å². The summed E-state index contributed by atoms with van der Waals surface area (Å²) in [6.07, 6.45) is 2.48. The molecule has 2 heterocycles. The molecule has 0 spiro atoms. The maximum Gasteiger partial charge on any atom is 0.271 e. The van der Waals surface area contributed by atoms with Crippen LogP contribution < -0.4 is 10.1 Å². The Labute approximate surface area is 98.6 Å². The van der Waals surface area contributed by atoms with Crippen LogP contribution in [0.4, 0.5) is 0 Å². The standard InChI is InChI=1S/C11H14N4O2/c1-3-6-12-11(16)8-7-15-9(13-8)4-5-10(14-15)17-2/h4-5,7H,3,6H2,1-2H3,(H,12,16). The molecule has 0 fully saturated rings. The highest BCUT2D eigenvalue weighted by Crippen LogP contribution is 2.09. The average molecular weight is 234 g/mol. The van der Waals surface area contributed by atoms with Crippen LogP contribution in [0.5, 0.6) is 5.88 Å². The first-order valence-corrected chi connectivity index (χ1v) is 5.43. The van der Waals surface area contributed by atoms with E-state index in [2.05, 4.69) is 15.4 Å². The van der Waals surface area contributed by atoms with Crippen molar-refractivity contribution in [3.8, 4) is 5.88 Å². The van der Waals surface area contributed by atoms with Crippen LogP contribution in [0.3, 0.4) is 0 Å². The van der Waals surface area contributed by atoms with E-state index >= 15 is 0 Å². The van der Waals surface area contributed by atoms with Crippen molar-refractivity contribution in [3.63, 3.8) is 0 Å². The lowest BCUT2D eigenvalue weighted by molar-refractivity contribution is 0.0949. The third kappa shape index (κ3) is 2.35. The Balaban J connectivity index is 2.28. The quantitative estimate of drug-likeness (QED) is 0.852. The second-order valence-electron chi connectivity index (χ2n) is 3.56. The van der Waals surface area contributed by atoms with E-state index in [1.807, 2.05) is 6.92 Å². The molecule has 1 amide bonds. The minimum absolute atomic E-state index is 0.184. The van der Waals surface area contributed by atoms with Gasteiger partial charge in [0.25, 0.3) is 5.91 Å². The summed E-state index contributed by atoms with van der Waals surface area (Å²) in [6, 6.07) is 3.46. The highest BCUT2D eigenvalue weighted by Gasteiger charge is 2.10. The van der Waals surface area contributed by atoms with E-state index in [0.29, 0.717) is 23.8 Å². The third-order valence-corrected chi connectivity index (χ3v) is 2.27. The number of rotatable bonds is 4. The molecule has 0 saturated carbocycles. The van der Waals surface area contributed by atoms with Gasteiger partial charge in [0.1, 0.15) is 5.69 Å². The molecule has 0 aliphatic rings. The lowest BCUT2D eigenvalue weighted by Gasteiger charge is -1.98. The summed E-state index contributed by atoms with van der Waals surface area (Å²) in [7, 11) is 1.54. The molecule has 2 rings (SSSR count). The molecule has 17 heavy (non-hydrogen) atoms. The van der Waals surface area contributed by atoms with Crippen molar-refractivity contribution in [1.82, 2.24) is 19.9 Å². The second-order valence-corrected chi connectivity index (χ2v) is 3.56. The van der Waals surface area contributed by atoms with E-state index in [0.717, 1.165) is 6.42 Å². The van der Waals surface area contributed by atoms with Crippen molar-refractivity contribution >= 4 is 11.6 Å². The molecule has 0 bridgehead atoms. The Morgan fingerprint density at radius 3 is 3.06 bits per heavy atom. The number of fused-ring (bicyclic) bond motifs is 1. The Morgan fingerprint density at radius 2 is 2.35 bits per heavy atom. The van der Waals surface area contributed by atoms with E-state index < -0.39 is 0 Å². The number of nitrogens with one attached hydrogen (secondary N) is 1. The van der Waals surface area contributed by atoms with Crippen molar-refractivity contribution in [3.05, 3.63) is 24.0 Å². The second kappa shape index (κ2) is 4.82. The molecule has 0 radical (unpaired) electrons. The number of imidazole rings is 1. The first-order valence-electron chi connectivity index (χ1n) is 5.43. The van der Waals surface area contributed by atoms with Gasteiger partial charge < -0.3 is 10.1 Å². The molecule has 2 aromatic heterocycles. The molecular weight excluding hydrogens is 220 g/mol. The number of hydrogen-bond acceptors (Lipinski definition) is 4. The molecule has 6 heteroatoms. The molecule has 0 atom stereocenters. The predicted octanol–water partition coefficient (Wildman–Crippen LogP) is 0.878. The lowest BCUT2D eigenvalue weighted by Crippen LogP contribution is -2.24. The fraction of sp³-hybridized carbons (Fsp3) is 0.364.